The molecule has 14 heavy (non-hydrogen) atoms. The number of nitrogens with two attached hydrogens (primary N) is 1. The average Bonchev–Trinajstić information content (AvgIpc) is 2.14. The Morgan fingerprint density at radius 1 is 1.64 bits per heavy atom. The predicted molar refractivity (Wildman–Crippen MR) is 53.7 cm³/mol. The lowest BCUT2D eigenvalue weighted by Gasteiger charge is -2.14. The maximum absolute atomic E-state index is 10.7. The van der Waals surface area contributed by atoms with Crippen molar-refractivity contribution in [2.24, 2.45) is 5.73 Å². The summed E-state index contributed by atoms with van der Waals surface area (Å²) >= 11 is 0. The molecule has 0 aliphatic carbocycles. The fourth-order valence-corrected chi connectivity index (χ4v) is 1.33. The van der Waals surface area contributed by atoms with Gasteiger partial charge in [0.15, 0.2) is 0 Å². The third-order valence-corrected chi connectivity index (χ3v) is 2.03. The first-order valence-electron chi connectivity index (χ1n) is 4.38. The van der Waals surface area contributed by atoms with Gasteiger partial charge in [-0.1, -0.05) is 12.1 Å². The minimum atomic E-state index is -0.368. The molecule has 1 atom stereocenters. The van der Waals surface area contributed by atoms with Gasteiger partial charge >= 0.3 is 0 Å². The first-order chi connectivity index (χ1) is 6.63. The van der Waals surface area contributed by atoms with Gasteiger partial charge in [0.2, 0.25) is 5.91 Å². The Morgan fingerprint density at radius 2 is 2.36 bits per heavy atom. The van der Waals surface area contributed by atoms with Crippen LogP contribution in [-0.2, 0) is 4.79 Å². The highest BCUT2D eigenvalue weighted by Crippen LogP contribution is 2.20. The molecule has 1 unspecified atom stereocenters. The summed E-state index contributed by atoms with van der Waals surface area (Å²) in [6.07, 6.45) is 0.222. The number of carbonyl (C=O) groups is 1. The highest BCUT2D eigenvalue weighted by Gasteiger charge is 2.11. The Kier molecular flexibility index (Phi) is 3.48. The molecule has 1 amide bonds. The maximum Gasteiger partial charge on any atom is 0.219 e. The summed E-state index contributed by atoms with van der Waals surface area (Å²) < 4.78 is 0. The zero-order chi connectivity index (χ0) is 10.6. The number of nitrogens with one attached hydrogen (secondary N) is 1. The number of amides is 1. The van der Waals surface area contributed by atoms with Gasteiger partial charge in [-0.2, -0.15) is 0 Å². The van der Waals surface area contributed by atoms with E-state index in [0.717, 1.165) is 5.56 Å². The molecule has 0 bridgehead atoms. The number of hydrogen-bond acceptors (Lipinski definition) is 3. The molecule has 0 heterocycles. The van der Waals surface area contributed by atoms with E-state index in [2.05, 4.69) is 5.32 Å². The van der Waals surface area contributed by atoms with Crippen LogP contribution in [-0.4, -0.2) is 18.1 Å². The van der Waals surface area contributed by atoms with Crippen LogP contribution in [0, 0.1) is 0 Å². The molecule has 76 valence electrons. The monoisotopic (exact) mass is 194 g/mol. The van der Waals surface area contributed by atoms with Gasteiger partial charge in [-0.15, -0.1) is 0 Å². The van der Waals surface area contributed by atoms with Gasteiger partial charge in [0.1, 0.15) is 5.75 Å². The minimum Gasteiger partial charge on any atom is -0.508 e. The van der Waals surface area contributed by atoms with Crippen LogP contribution >= 0.6 is 0 Å². The van der Waals surface area contributed by atoms with Crippen molar-refractivity contribution in [2.75, 3.05) is 7.05 Å². The Morgan fingerprint density at radius 3 is 2.86 bits per heavy atom. The number of carbonyl (C=O) groups excluding carboxylic acids is 1. The van der Waals surface area contributed by atoms with Gasteiger partial charge in [-0.25, -0.2) is 0 Å². The van der Waals surface area contributed by atoms with Crippen molar-refractivity contribution in [3.63, 3.8) is 0 Å². The van der Waals surface area contributed by atoms with Gasteiger partial charge < -0.3 is 16.2 Å². The average molecular weight is 194 g/mol. The second-order valence-corrected chi connectivity index (χ2v) is 3.11. The molecular formula is C10H14N2O2. The molecule has 0 radical (unpaired) electrons. The Balaban J connectivity index is 2.83. The lowest BCUT2D eigenvalue weighted by Crippen LogP contribution is -2.23. The summed E-state index contributed by atoms with van der Waals surface area (Å²) in [6.45, 7) is 0. The van der Waals surface area contributed by atoms with E-state index in [4.69, 9.17) is 5.73 Å². The van der Waals surface area contributed by atoms with Crippen molar-refractivity contribution in [3.05, 3.63) is 29.8 Å². The van der Waals surface area contributed by atoms with Crippen molar-refractivity contribution in [2.45, 2.75) is 12.5 Å². The largest absolute Gasteiger partial charge is 0.508 e. The molecule has 1 rings (SSSR count). The van der Waals surface area contributed by atoms with Crippen molar-refractivity contribution >= 4 is 5.91 Å². The van der Waals surface area contributed by atoms with E-state index in [0.29, 0.717) is 0 Å². The number of phenolic OH excluding ortho intramolecular Hbond substituents is 1. The quantitative estimate of drug-likeness (QED) is 0.654. The van der Waals surface area contributed by atoms with Crippen LogP contribution in [0.5, 0.6) is 5.75 Å². The third-order valence-electron chi connectivity index (χ3n) is 2.03. The van der Waals surface area contributed by atoms with E-state index in [-0.39, 0.29) is 24.1 Å². The van der Waals surface area contributed by atoms with E-state index in [1.54, 1.807) is 25.2 Å². The van der Waals surface area contributed by atoms with Crippen molar-refractivity contribution < 1.29 is 9.90 Å². The number of primary amides is 1. The number of rotatable bonds is 4. The number of hydrogen-bond donors (Lipinski definition) is 3. The molecule has 0 aliphatic heterocycles. The zero-order valence-electron chi connectivity index (χ0n) is 8.03. The lowest BCUT2D eigenvalue weighted by atomic mass is 10.0. The topological polar surface area (TPSA) is 75.3 Å². The Hall–Kier alpha value is -1.55. The van der Waals surface area contributed by atoms with E-state index >= 15 is 0 Å². The van der Waals surface area contributed by atoms with Crippen LogP contribution in [0.4, 0.5) is 0 Å². The molecule has 0 aliphatic rings. The SMILES string of the molecule is CNC(CC(N)=O)c1cccc(O)c1. The molecule has 0 saturated carbocycles. The third kappa shape index (κ3) is 2.74. The standard InChI is InChI=1S/C10H14N2O2/c1-12-9(6-10(11)14)7-3-2-4-8(13)5-7/h2-5,9,12-13H,6H2,1H3,(H2,11,14). The summed E-state index contributed by atoms with van der Waals surface area (Å²) in [5.41, 5.74) is 5.96. The highest BCUT2D eigenvalue weighted by molar-refractivity contribution is 5.74. The molecule has 0 fully saturated rings. The van der Waals surface area contributed by atoms with Crippen LogP contribution in [0.2, 0.25) is 0 Å². The second-order valence-electron chi connectivity index (χ2n) is 3.11. The van der Waals surface area contributed by atoms with Crippen LogP contribution in [0.15, 0.2) is 24.3 Å². The normalized spacial score (nSPS) is 12.4. The number of benzene rings is 1. The van der Waals surface area contributed by atoms with Crippen LogP contribution in [0.3, 0.4) is 0 Å². The molecule has 0 spiro atoms. The van der Waals surface area contributed by atoms with Crippen LogP contribution in [0.1, 0.15) is 18.0 Å². The van der Waals surface area contributed by atoms with Gasteiger partial charge in [-0.3, -0.25) is 4.79 Å². The summed E-state index contributed by atoms with van der Waals surface area (Å²) in [5, 5.41) is 12.2. The van der Waals surface area contributed by atoms with Crippen LogP contribution in [0.25, 0.3) is 0 Å². The van der Waals surface area contributed by atoms with Crippen molar-refractivity contribution in [3.8, 4) is 5.75 Å². The summed E-state index contributed by atoms with van der Waals surface area (Å²) in [4.78, 5) is 10.7. The molecule has 1 aromatic rings. The molecule has 0 saturated heterocycles. The molecular weight excluding hydrogens is 180 g/mol. The lowest BCUT2D eigenvalue weighted by molar-refractivity contribution is -0.118. The van der Waals surface area contributed by atoms with Gasteiger partial charge in [0.25, 0.3) is 0 Å². The van der Waals surface area contributed by atoms with Crippen LogP contribution < -0.4 is 11.1 Å². The van der Waals surface area contributed by atoms with Crippen molar-refractivity contribution in [1.29, 1.82) is 0 Å². The molecule has 4 heteroatoms. The highest BCUT2D eigenvalue weighted by atomic mass is 16.3. The Bertz CT molecular complexity index is 326. The number of aromatic hydroxyl groups is 1. The van der Waals surface area contributed by atoms with E-state index in [9.17, 15) is 9.90 Å². The molecule has 0 aromatic heterocycles. The molecule has 4 N–H and O–H groups in total. The van der Waals surface area contributed by atoms with Gasteiger partial charge in [-0.05, 0) is 24.7 Å². The van der Waals surface area contributed by atoms with E-state index in [1.807, 2.05) is 6.07 Å². The summed E-state index contributed by atoms with van der Waals surface area (Å²) in [7, 11) is 1.75. The smallest absolute Gasteiger partial charge is 0.219 e. The number of phenols is 1. The second kappa shape index (κ2) is 4.62. The van der Waals surface area contributed by atoms with Gasteiger partial charge in [0, 0.05) is 12.5 Å². The summed E-state index contributed by atoms with van der Waals surface area (Å²) in [5.74, 6) is -0.181. The fourth-order valence-electron chi connectivity index (χ4n) is 1.33. The Labute approximate surface area is 82.7 Å². The zero-order valence-corrected chi connectivity index (χ0v) is 8.03. The fraction of sp³-hybridized carbons (Fsp3) is 0.300. The first kappa shape index (κ1) is 10.5. The maximum atomic E-state index is 10.7. The first-order valence-corrected chi connectivity index (χ1v) is 4.38. The predicted octanol–water partition coefficient (Wildman–Crippen LogP) is 0.528. The molecule has 1 aromatic carbocycles. The van der Waals surface area contributed by atoms with Gasteiger partial charge in [0.05, 0.1) is 0 Å². The minimum absolute atomic E-state index is 0.139. The van der Waals surface area contributed by atoms with Crippen molar-refractivity contribution in [1.82, 2.24) is 5.32 Å². The van der Waals surface area contributed by atoms with E-state index in [1.165, 1.54) is 0 Å². The molecule has 4 nitrogen and oxygen atoms in total. The van der Waals surface area contributed by atoms with E-state index < -0.39 is 0 Å². The summed E-state index contributed by atoms with van der Waals surface area (Å²) in [6, 6.07) is 6.63.